The van der Waals surface area contributed by atoms with E-state index in [9.17, 15) is 34.4 Å². The summed E-state index contributed by atoms with van der Waals surface area (Å²) in [5, 5.41) is 33.2. The number of carbonyl (C=O) groups excluding carboxylic acids is 3. The number of nitrogens with zero attached hydrogens (tertiary/aromatic N) is 4. The van der Waals surface area contributed by atoms with Crippen molar-refractivity contribution < 1.29 is 71.8 Å². The van der Waals surface area contributed by atoms with Crippen LogP contribution in [0.25, 0.3) is 10.4 Å². The minimum atomic E-state index is -1.93. The number of ketones is 1. The monoisotopic (exact) mass is 1180 g/mol. The maximum Gasteiger partial charge on any atom is 0.366 e. The molecule has 0 aliphatic carbocycles. The summed E-state index contributed by atoms with van der Waals surface area (Å²) < 4.78 is 48.8. The van der Waals surface area contributed by atoms with Gasteiger partial charge in [0.2, 0.25) is 5.91 Å². The van der Waals surface area contributed by atoms with E-state index < -0.39 is 34.2 Å². The highest BCUT2D eigenvalue weighted by molar-refractivity contribution is 5.80. The molecule has 2 unspecified atom stereocenters. The van der Waals surface area contributed by atoms with Crippen molar-refractivity contribution >= 4 is 29.3 Å². The Kier molecular flexibility index (Phi) is 40.7. The van der Waals surface area contributed by atoms with Gasteiger partial charge in [-0.3, -0.25) is 24.5 Å². The standard InChI is InChI=1S/C19H28N2O6.C17H25N3O4.C16H26N2O4.C6H11NO2.C2H6/c1-12(2)10-15(20-5)19(17(22)23)26-11-18(3,4)16(27-19)13-8-6-7-9-14(13)21(24)25;1-2-15-5-7-17(8-6-15)24-14-16(21)4-3-10-22-12-13-23-11-9-19-20-18;1-2-14-3-5-15(6-4-14)22-13-16(19)18-8-10-21-12-11-20-9-7-17;1-7-6(8)5-2-3-9-4-5;1-2/h6-9,12,15-16,20H,10-11H2,1-5H3,(H,22,23);5-8H,2-4,9-14H2,1H3;3-6H,2,7-13,17H2,1H3,(H,18,19);5H,2-4H2,1H3,(H,7,8);1-2H3/t15-,16?,19?;;;5-;/m0..1./s1. The molecule has 84 heavy (non-hydrogen) atoms. The Balaban J connectivity index is 0.000000579. The Labute approximate surface area is 496 Å². The molecule has 472 valence electrons. The molecule has 5 rings (SSSR count). The van der Waals surface area contributed by atoms with E-state index >= 15 is 0 Å². The van der Waals surface area contributed by atoms with Gasteiger partial charge in [0, 0.05) is 62.7 Å². The number of nitro groups is 1. The molecule has 0 spiro atoms. The third-order valence-corrected chi connectivity index (χ3v) is 12.6. The molecule has 3 aromatic carbocycles. The Hall–Kier alpha value is -6.31. The molecule has 6 N–H and O–H groups in total. The second kappa shape index (κ2) is 45.1. The van der Waals surface area contributed by atoms with E-state index in [0.29, 0.717) is 110 Å². The fourth-order valence-electron chi connectivity index (χ4n) is 8.01. The Morgan fingerprint density at radius 1 is 0.845 bits per heavy atom. The summed E-state index contributed by atoms with van der Waals surface area (Å²) in [6.45, 7) is 22.5. The van der Waals surface area contributed by atoms with Crippen LogP contribution >= 0.6 is 0 Å². The lowest BCUT2D eigenvalue weighted by Gasteiger charge is -2.49. The van der Waals surface area contributed by atoms with Crippen molar-refractivity contribution in [3.8, 4) is 11.5 Å². The highest BCUT2D eigenvalue weighted by Crippen LogP contribution is 2.48. The predicted molar refractivity (Wildman–Crippen MR) is 320 cm³/mol. The van der Waals surface area contributed by atoms with Crippen molar-refractivity contribution in [2.24, 2.45) is 28.1 Å². The van der Waals surface area contributed by atoms with Crippen molar-refractivity contribution in [1.29, 1.82) is 0 Å². The maximum atomic E-state index is 12.2. The predicted octanol–water partition coefficient (Wildman–Crippen LogP) is 7.98. The second-order valence-electron chi connectivity index (χ2n) is 20.0. The van der Waals surface area contributed by atoms with Gasteiger partial charge in [0.1, 0.15) is 24.2 Å². The Bertz CT molecular complexity index is 2330. The van der Waals surface area contributed by atoms with E-state index in [0.717, 1.165) is 31.6 Å². The summed E-state index contributed by atoms with van der Waals surface area (Å²) in [5.41, 5.74) is 15.4. The van der Waals surface area contributed by atoms with Crippen LogP contribution in [0.15, 0.2) is 77.9 Å². The van der Waals surface area contributed by atoms with Gasteiger partial charge in [0.15, 0.2) is 12.4 Å². The maximum absolute atomic E-state index is 12.2. The quantitative estimate of drug-likeness (QED) is 0.00944. The highest BCUT2D eigenvalue weighted by atomic mass is 16.7. The molecule has 2 aliphatic rings. The second-order valence-corrected chi connectivity index (χ2v) is 20.0. The summed E-state index contributed by atoms with van der Waals surface area (Å²) in [7, 11) is 3.31. The molecule has 3 aromatic rings. The zero-order chi connectivity index (χ0) is 62.6. The molecule has 0 aromatic heterocycles. The van der Waals surface area contributed by atoms with Crippen molar-refractivity contribution in [2.45, 2.75) is 112 Å². The number of aliphatic carboxylic acids is 1. The number of nitrogens with two attached hydrogens (primary N) is 1. The van der Waals surface area contributed by atoms with Crippen LogP contribution in [-0.2, 0) is 65.2 Å². The molecule has 0 bridgehead atoms. The van der Waals surface area contributed by atoms with Crippen LogP contribution in [0, 0.1) is 27.4 Å². The van der Waals surface area contributed by atoms with E-state index in [1.807, 2.05) is 90.1 Å². The fraction of sp³-hybridized carbons (Fsp3) is 0.633. The number of aryl methyl sites for hydroxylation is 2. The molecule has 4 atom stereocenters. The first kappa shape index (κ1) is 75.7. The van der Waals surface area contributed by atoms with Gasteiger partial charge in [-0.15, -0.1) is 0 Å². The van der Waals surface area contributed by atoms with Crippen molar-refractivity contribution in [2.75, 3.05) is 120 Å². The number of carbonyl (C=O) groups is 4. The lowest BCUT2D eigenvalue weighted by atomic mass is 9.80. The van der Waals surface area contributed by atoms with E-state index in [1.165, 1.54) is 17.2 Å². The topological polar surface area (TPSA) is 326 Å². The Morgan fingerprint density at radius 2 is 1.42 bits per heavy atom. The summed E-state index contributed by atoms with van der Waals surface area (Å²) in [5.74, 6) is -1.46. The zero-order valence-corrected chi connectivity index (χ0v) is 51.2. The number of amides is 2. The van der Waals surface area contributed by atoms with Gasteiger partial charge in [-0.25, -0.2) is 4.79 Å². The number of hydrogen-bond donors (Lipinski definition) is 5. The van der Waals surface area contributed by atoms with Crippen LogP contribution in [0.4, 0.5) is 5.69 Å². The smallest absolute Gasteiger partial charge is 0.366 e. The molecule has 2 heterocycles. The van der Waals surface area contributed by atoms with Crippen molar-refractivity contribution in [1.82, 2.24) is 16.0 Å². The van der Waals surface area contributed by atoms with E-state index in [1.54, 1.807) is 32.3 Å². The summed E-state index contributed by atoms with van der Waals surface area (Å²) in [6.07, 6.45) is 3.63. The lowest BCUT2D eigenvalue weighted by molar-refractivity contribution is -0.389. The summed E-state index contributed by atoms with van der Waals surface area (Å²) in [6, 6.07) is 21.2. The number of benzene rings is 3. The summed E-state index contributed by atoms with van der Waals surface area (Å²) in [4.78, 5) is 60.0. The average molecular weight is 1190 g/mol. The number of likely N-dealkylation sites (N-methyl/N-ethyl adjacent to an activating group) is 1. The first-order chi connectivity index (χ1) is 40.4. The normalized spacial score (nSPS) is 16.9. The van der Waals surface area contributed by atoms with Gasteiger partial charge in [-0.2, -0.15) is 0 Å². The van der Waals surface area contributed by atoms with Crippen LogP contribution in [-0.4, -0.2) is 165 Å². The SMILES string of the molecule is CC.CCc1ccc(OCC(=O)CCCOCCOCCN=[N+]=[N-])cc1.CCc1ccc(OCC(=O)NCCOCCOCCN)cc1.CNC(=O)[C@@H]1CCOC1.CN[C@@H](CC(C)C)C1(C(=O)O)OCC(C)(C)C(c2ccccc2[N+](=O)[O-])O1. The molecular formula is C60H96N8O16. The van der Waals surface area contributed by atoms with Gasteiger partial charge >= 0.3 is 5.97 Å². The van der Waals surface area contributed by atoms with Crippen LogP contribution in [0.5, 0.6) is 11.5 Å². The molecule has 0 saturated carbocycles. The number of azide groups is 1. The van der Waals surface area contributed by atoms with Crippen LogP contribution < -0.4 is 31.2 Å². The van der Waals surface area contributed by atoms with Crippen molar-refractivity contribution in [3.63, 3.8) is 0 Å². The number of carboxylic acids is 1. The highest BCUT2D eigenvalue weighted by Gasteiger charge is 2.57. The summed E-state index contributed by atoms with van der Waals surface area (Å²) >= 11 is 0. The number of nitro benzene ring substituents is 1. The Morgan fingerprint density at radius 3 is 1.93 bits per heavy atom. The van der Waals surface area contributed by atoms with Gasteiger partial charge in [-0.05, 0) is 92.1 Å². The first-order valence-electron chi connectivity index (χ1n) is 28.9. The average Bonchev–Trinajstić information content (AvgIpc) is 4.15. The third-order valence-electron chi connectivity index (χ3n) is 12.6. The molecule has 2 amide bonds. The van der Waals surface area contributed by atoms with Crippen LogP contribution in [0.2, 0.25) is 0 Å². The van der Waals surface area contributed by atoms with Crippen LogP contribution in [0.3, 0.4) is 0 Å². The third kappa shape index (κ3) is 30.5. The number of rotatable bonds is 34. The molecule has 2 fully saturated rings. The fourth-order valence-corrected chi connectivity index (χ4v) is 8.01. The number of ether oxygens (including phenoxy) is 9. The van der Waals surface area contributed by atoms with E-state index in [4.69, 9.17) is 53.9 Å². The molecule has 24 nitrogen and oxygen atoms in total. The number of nitrogens with one attached hydrogen (secondary N) is 3. The largest absolute Gasteiger partial charge is 0.486 e. The number of carboxylic acid groups (broad SMARTS) is 1. The van der Waals surface area contributed by atoms with Gasteiger partial charge in [0.25, 0.3) is 17.4 Å². The van der Waals surface area contributed by atoms with Gasteiger partial charge in [-0.1, -0.05) is 96.9 Å². The number of Topliss-reactive ketones (excluding diaryl/α,β-unsaturated/α-hetero) is 1. The van der Waals surface area contributed by atoms with E-state index in [-0.39, 0.29) is 54.9 Å². The molecule has 0 radical (unpaired) electrons. The van der Waals surface area contributed by atoms with E-state index in [2.05, 4.69) is 39.8 Å². The number of hydrogen-bond acceptors (Lipinski definition) is 18. The molecule has 2 saturated heterocycles. The zero-order valence-electron chi connectivity index (χ0n) is 51.2. The number of para-hydroxylation sites is 1. The van der Waals surface area contributed by atoms with Gasteiger partial charge in [0.05, 0.1) is 81.9 Å². The molecule has 24 heteroatoms. The van der Waals surface area contributed by atoms with Crippen LogP contribution in [0.1, 0.15) is 104 Å². The molecular weight excluding hydrogens is 1090 g/mol. The first-order valence-corrected chi connectivity index (χ1v) is 28.9. The minimum Gasteiger partial charge on any atom is -0.486 e. The van der Waals surface area contributed by atoms with Crippen molar-refractivity contribution in [3.05, 3.63) is 110 Å². The molecule has 2 aliphatic heterocycles. The van der Waals surface area contributed by atoms with Gasteiger partial charge < -0.3 is 69.4 Å². The minimum absolute atomic E-state index is 0.00504. The lowest BCUT2D eigenvalue weighted by Crippen LogP contribution is -2.64.